The molecule has 1 aromatic heterocycles. The number of rotatable bonds is 3. The van der Waals surface area contributed by atoms with Gasteiger partial charge in [0.05, 0.1) is 18.9 Å². The molecule has 0 N–H and O–H groups in total. The van der Waals surface area contributed by atoms with Gasteiger partial charge in [0.25, 0.3) is 0 Å². The number of methoxy groups -OCH3 is 1. The van der Waals surface area contributed by atoms with E-state index in [0.717, 1.165) is 12.1 Å². The van der Waals surface area contributed by atoms with Gasteiger partial charge in [0.2, 0.25) is 0 Å². The Morgan fingerprint density at radius 2 is 1.68 bits per heavy atom. The minimum atomic E-state index is -4.46. The molecule has 1 heterocycles. The zero-order valence-corrected chi connectivity index (χ0v) is 13.0. The average Bonchev–Trinajstić information content (AvgIpc) is 2.61. The summed E-state index contributed by atoms with van der Waals surface area (Å²) >= 11 is 0. The van der Waals surface area contributed by atoms with Crippen LogP contribution in [-0.2, 0) is 6.18 Å². The minimum absolute atomic E-state index is 0.225. The van der Waals surface area contributed by atoms with E-state index in [1.165, 1.54) is 49.7 Å². The van der Waals surface area contributed by atoms with Crippen LogP contribution in [0.4, 0.5) is 17.6 Å². The zero-order valence-electron chi connectivity index (χ0n) is 13.0. The summed E-state index contributed by atoms with van der Waals surface area (Å²) in [6.07, 6.45) is -3.09. The molecule has 0 aliphatic carbocycles. The van der Waals surface area contributed by atoms with Gasteiger partial charge in [-0.2, -0.15) is 13.2 Å². The number of benzene rings is 2. The summed E-state index contributed by atoms with van der Waals surface area (Å²) in [5, 5.41) is 0. The van der Waals surface area contributed by atoms with Crippen molar-refractivity contribution in [3.8, 4) is 28.4 Å². The number of alkyl halides is 3. The molecule has 0 aliphatic heterocycles. The molecule has 0 spiro atoms. The summed E-state index contributed by atoms with van der Waals surface area (Å²) in [6, 6.07) is 10.3. The van der Waals surface area contributed by atoms with E-state index < -0.39 is 17.6 Å². The van der Waals surface area contributed by atoms with Crippen molar-refractivity contribution in [3.05, 3.63) is 66.1 Å². The molecule has 0 unspecified atom stereocenters. The molecule has 3 aromatic rings. The molecule has 0 atom stereocenters. The van der Waals surface area contributed by atoms with Crippen LogP contribution >= 0.6 is 0 Å². The van der Waals surface area contributed by atoms with Crippen LogP contribution in [0.3, 0.4) is 0 Å². The molecule has 0 saturated carbocycles. The normalized spacial score (nSPS) is 11.4. The lowest BCUT2D eigenvalue weighted by Crippen LogP contribution is -2.05. The number of hydrogen-bond donors (Lipinski definition) is 0. The number of ether oxygens (including phenoxy) is 1. The first kappa shape index (κ1) is 16.9. The first-order valence-corrected chi connectivity index (χ1v) is 7.23. The van der Waals surface area contributed by atoms with Crippen molar-refractivity contribution in [3.63, 3.8) is 0 Å². The Kier molecular flexibility index (Phi) is 4.39. The Hall–Kier alpha value is -2.96. The van der Waals surface area contributed by atoms with Crippen molar-refractivity contribution in [2.75, 3.05) is 7.11 Å². The van der Waals surface area contributed by atoms with Gasteiger partial charge >= 0.3 is 6.18 Å². The molecule has 0 bridgehead atoms. The van der Waals surface area contributed by atoms with E-state index >= 15 is 0 Å². The molecule has 0 fully saturated rings. The van der Waals surface area contributed by atoms with Gasteiger partial charge in [-0.3, -0.25) is 0 Å². The Morgan fingerprint density at radius 3 is 2.32 bits per heavy atom. The lowest BCUT2D eigenvalue weighted by Gasteiger charge is -2.12. The van der Waals surface area contributed by atoms with Crippen LogP contribution in [-0.4, -0.2) is 17.1 Å². The fourth-order valence-corrected chi connectivity index (χ4v) is 2.31. The van der Waals surface area contributed by atoms with E-state index in [-0.39, 0.29) is 22.8 Å². The van der Waals surface area contributed by atoms with Crippen molar-refractivity contribution in [1.29, 1.82) is 0 Å². The standard InChI is InChI=1S/C18H12F4N2O/c1-25-15-10-23-17(11-5-7-14(19)8-6-11)24-16(15)12-3-2-4-13(9-12)18(20,21)22/h2-10H,1H3. The molecule has 25 heavy (non-hydrogen) atoms. The zero-order chi connectivity index (χ0) is 18.0. The van der Waals surface area contributed by atoms with Gasteiger partial charge in [-0.1, -0.05) is 12.1 Å². The Balaban J connectivity index is 2.12. The second-order valence-electron chi connectivity index (χ2n) is 5.20. The third-order valence-corrected chi connectivity index (χ3v) is 3.54. The van der Waals surface area contributed by atoms with Crippen LogP contribution in [0, 0.1) is 5.82 Å². The molecular weight excluding hydrogens is 336 g/mol. The van der Waals surface area contributed by atoms with E-state index in [4.69, 9.17) is 4.74 Å². The third kappa shape index (κ3) is 3.60. The Morgan fingerprint density at radius 1 is 0.960 bits per heavy atom. The van der Waals surface area contributed by atoms with Crippen LogP contribution in [0.25, 0.3) is 22.6 Å². The molecule has 3 rings (SSSR count). The van der Waals surface area contributed by atoms with Gasteiger partial charge in [0.1, 0.15) is 11.5 Å². The minimum Gasteiger partial charge on any atom is -0.493 e. The SMILES string of the molecule is COc1cnc(-c2ccc(F)cc2)nc1-c1cccc(C(F)(F)F)c1. The van der Waals surface area contributed by atoms with Gasteiger partial charge in [-0.15, -0.1) is 0 Å². The van der Waals surface area contributed by atoms with E-state index in [2.05, 4.69) is 9.97 Å². The first-order chi connectivity index (χ1) is 11.9. The lowest BCUT2D eigenvalue weighted by atomic mass is 10.1. The first-order valence-electron chi connectivity index (χ1n) is 7.23. The van der Waals surface area contributed by atoms with Crippen LogP contribution in [0.5, 0.6) is 5.75 Å². The number of aromatic nitrogens is 2. The molecule has 7 heteroatoms. The number of nitrogens with zero attached hydrogens (tertiary/aromatic N) is 2. The lowest BCUT2D eigenvalue weighted by molar-refractivity contribution is -0.137. The predicted molar refractivity (Wildman–Crippen MR) is 84.4 cm³/mol. The maximum atomic E-state index is 13.1. The monoisotopic (exact) mass is 348 g/mol. The molecule has 128 valence electrons. The number of halogens is 4. The average molecular weight is 348 g/mol. The van der Waals surface area contributed by atoms with Gasteiger partial charge in [-0.25, -0.2) is 14.4 Å². The Labute approximate surface area is 140 Å². The smallest absolute Gasteiger partial charge is 0.416 e. The largest absolute Gasteiger partial charge is 0.493 e. The van der Waals surface area contributed by atoms with Crippen LogP contribution in [0.15, 0.2) is 54.7 Å². The van der Waals surface area contributed by atoms with Crippen LogP contribution in [0.2, 0.25) is 0 Å². The summed E-state index contributed by atoms with van der Waals surface area (Å²) in [5.41, 5.74) is 0.228. The molecule has 3 nitrogen and oxygen atoms in total. The number of hydrogen-bond acceptors (Lipinski definition) is 3. The van der Waals surface area contributed by atoms with Crippen molar-refractivity contribution in [2.24, 2.45) is 0 Å². The molecule has 2 aromatic carbocycles. The second kappa shape index (κ2) is 6.51. The van der Waals surface area contributed by atoms with Crippen LogP contribution < -0.4 is 4.74 Å². The van der Waals surface area contributed by atoms with E-state index in [0.29, 0.717) is 5.56 Å². The summed E-state index contributed by atoms with van der Waals surface area (Å²) in [5.74, 6) is 0.0914. The molecule has 0 amide bonds. The third-order valence-electron chi connectivity index (χ3n) is 3.54. The highest BCUT2D eigenvalue weighted by atomic mass is 19.4. The maximum Gasteiger partial charge on any atom is 0.416 e. The van der Waals surface area contributed by atoms with E-state index in [9.17, 15) is 17.6 Å². The highest BCUT2D eigenvalue weighted by Gasteiger charge is 2.30. The summed E-state index contributed by atoms with van der Waals surface area (Å²) < 4.78 is 57.1. The van der Waals surface area contributed by atoms with Gasteiger partial charge in [-0.05, 0) is 36.4 Å². The summed E-state index contributed by atoms with van der Waals surface area (Å²) in [6.45, 7) is 0. The molecular formula is C18H12F4N2O. The highest BCUT2D eigenvalue weighted by molar-refractivity contribution is 5.69. The van der Waals surface area contributed by atoms with Crippen LogP contribution in [0.1, 0.15) is 5.56 Å². The van der Waals surface area contributed by atoms with Crippen molar-refractivity contribution >= 4 is 0 Å². The van der Waals surface area contributed by atoms with Crippen molar-refractivity contribution < 1.29 is 22.3 Å². The molecule has 0 radical (unpaired) electrons. The van der Waals surface area contributed by atoms with E-state index in [1.54, 1.807) is 0 Å². The quantitative estimate of drug-likeness (QED) is 0.627. The van der Waals surface area contributed by atoms with Crippen molar-refractivity contribution in [2.45, 2.75) is 6.18 Å². The van der Waals surface area contributed by atoms with Gasteiger partial charge < -0.3 is 4.74 Å². The molecule has 0 saturated heterocycles. The highest BCUT2D eigenvalue weighted by Crippen LogP contribution is 2.35. The Bertz CT molecular complexity index is 892. The van der Waals surface area contributed by atoms with Crippen molar-refractivity contribution in [1.82, 2.24) is 9.97 Å². The maximum absolute atomic E-state index is 13.1. The topological polar surface area (TPSA) is 35.0 Å². The fourth-order valence-electron chi connectivity index (χ4n) is 2.31. The summed E-state index contributed by atoms with van der Waals surface area (Å²) in [4.78, 5) is 8.44. The fraction of sp³-hybridized carbons (Fsp3) is 0.111. The second-order valence-corrected chi connectivity index (χ2v) is 5.20. The predicted octanol–water partition coefficient (Wildman–Crippen LogP) is 4.98. The molecule has 0 aliphatic rings. The van der Waals surface area contributed by atoms with Gasteiger partial charge in [0, 0.05) is 11.1 Å². The van der Waals surface area contributed by atoms with E-state index in [1.807, 2.05) is 0 Å². The van der Waals surface area contributed by atoms with Gasteiger partial charge in [0.15, 0.2) is 11.6 Å². The summed E-state index contributed by atoms with van der Waals surface area (Å²) in [7, 11) is 1.38.